The minimum Gasteiger partial charge on any atom is -0.755 e. The first kappa shape index (κ1) is 24.9. The zero-order chi connectivity index (χ0) is 24.3. The highest BCUT2D eigenvalue weighted by atomic mass is 32.2. The van der Waals surface area contributed by atoms with Crippen LogP contribution in [0, 0.1) is 0 Å². The maximum atomic E-state index is 12.2. The summed E-state index contributed by atoms with van der Waals surface area (Å²) in [4.78, 5) is 24.1. The smallest absolute Gasteiger partial charge is 0.327 e. The van der Waals surface area contributed by atoms with E-state index in [1.54, 1.807) is 24.3 Å². The molecule has 0 radical (unpaired) electrons. The molecule has 9 heteroatoms. The lowest BCUT2D eigenvalue weighted by atomic mass is 10.1. The molecule has 2 unspecified atom stereocenters. The number of carboxylic acid groups (broad SMARTS) is 1. The topological polar surface area (TPSA) is 122 Å². The molecule has 0 heterocycles. The standard InChI is InChI=1S/C25H27N3O5S/c29-24(27-18-17-26-21-9-5-2-6-10-21)16-15-23(25(30)31)28(34(32)33)22-13-11-20(12-14-22)19-7-3-1-4-8-19/h1-14,23,26H,15-18H2,(H,27,29)(H,30,31)(H,32,33)/p-1. The molecule has 3 rings (SSSR count). The normalized spacial score (nSPS) is 12.4. The van der Waals surface area contributed by atoms with Crippen molar-refractivity contribution < 1.29 is 23.5 Å². The number of carboxylic acids is 1. The van der Waals surface area contributed by atoms with E-state index in [9.17, 15) is 23.5 Å². The fraction of sp³-hybridized carbons (Fsp3) is 0.200. The Hall–Kier alpha value is -3.69. The third-order valence-electron chi connectivity index (χ3n) is 5.15. The fourth-order valence-corrected chi connectivity index (χ4v) is 4.16. The molecule has 3 aromatic carbocycles. The number of nitrogens with one attached hydrogen (secondary N) is 2. The fourth-order valence-electron chi connectivity index (χ4n) is 3.46. The summed E-state index contributed by atoms with van der Waals surface area (Å²) >= 11 is -2.84. The predicted molar refractivity (Wildman–Crippen MR) is 132 cm³/mol. The average molecular weight is 481 g/mol. The maximum absolute atomic E-state index is 12.2. The molecule has 178 valence electrons. The van der Waals surface area contributed by atoms with Gasteiger partial charge in [-0.3, -0.25) is 13.3 Å². The van der Waals surface area contributed by atoms with Gasteiger partial charge in [-0.2, -0.15) is 0 Å². The third-order valence-corrected chi connectivity index (χ3v) is 5.94. The largest absolute Gasteiger partial charge is 0.755 e. The van der Waals surface area contributed by atoms with Gasteiger partial charge < -0.3 is 20.3 Å². The van der Waals surface area contributed by atoms with Crippen LogP contribution >= 0.6 is 0 Å². The lowest BCUT2D eigenvalue weighted by Crippen LogP contribution is -2.43. The summed E-state index contributed by atoms with van der Waals surface area (Å²) in [7, 11) is 0. The molecule has 8 nitrogen and oxygen atoms in total. The number of amides is 1. The van der Waals surface area contributed by atoms with Crippen LogP contribution in [0.1, 0.15) is 12.8 Å². The zero-order valence-electron chi connectivity index (χ0n) is 18.4. The maximum Gasteiger partial charge on any atom is 0.327 e. The van der Waals surface area contributed by atoms with Gasteiger partial charge in [0.05, 0.1) is 0 Å². The Morgan fingerprint density at radius 3 is 2.06 bits per heavy atom. The number of carbonyl (C=O) groups is 2. The molecule has 3 N–H and O–H groups in total. The van der Waals surface area contributed by atoms with Crippen molar-refractivity contribution >= 4 is 34.5 Å². The molecule has 1 amide bonds. The van der Waals surface area contributed by atoms with E-state index in [0.717, 1.165) is 21.1 Å². The van der Waals surface area contributed by atoms with Crippen LogP contribution in [-0.2, 0) is 20.9 Å². The van der Waals surface area contributed by atoms with E-state index in [-0.39, 0.29) is 24.4 Å². The monoisotopic (exact) mass is 480 g/mol. The number of hydrogen-bond acceptors (Lipinski definition) is 5. The first-order valence-electron chi connectivity index (χ1n) is 10.8. The number of rotatable bonds is 12. The molecule has 0 saturated carbocycles. The first-order valence-corrected chi connectivity index (χ1v) is 11.8. The summed E-state index contributed by atoms with van der Waals surface area (Å²) in [5.41, 5.74) is 2.97. The highest BCUT2D eigenvalue weighted by Gasteiger charge is 2.27. The summed E-state index contributed by atoms with van der Waals surface area (Å²) < 4.78 is 24.7. The molecular formula is C25H26N3O5S-. The Morgan fingerprint density at radius 2 is 1.47 bits per heavy atom. The number of nitrogens with zero attached hydrogens (tertiary/aromatic N) is 1. The second-order valence-corrected chi connectivity index (χ2v) is 8.32. The van der Waals surface area contributed by atoms with Crippen LogP contribution in [0.3, 0.4) is 0 Å². The van der Waals surface area contributed by atoms with Gasteiger partial charge in [-0.1, -0.05) is 60.7 Å². The van der Waals surface area contributed by atoms with Crippen molar-refractivity contribution in [3.8, 4) is 11.1 Å². The molecule has 3 aromatic rings. The number of benzene rings is 3. The number of carbonyl (C=O) groups excluding carboxylic acids is 1. The quantitative estimate of drug-likeness (QED) is 0.270. The lowest BCUT2D eigenvalue weighted by molar-refractivity contribution is -0.138. The van der Waals surface area contributed by atoms with Gasteiger partial charge in [-0.05, 0) is 41.8 Å². The molecule has 0 aromatic heterocycles. The molecule has 34 heavy (non-hydrogen) atoms. The van der Waals surface area contributed by atoms with Gasteiger partial charge in [-0.15, -0.1) is 0 Å². The van der Waals surface area contributed by atoms with E-state index in [4.69, 9.17) is 0 Å². The number of aliphatic carboxylic acids is 1. The first-order chi connectivity index (χ1) is 16.5. The predicted octanol–water partition coefficient (Wildman–Crippen LogP) is 3.42. The van der Waals surface area contributed by atoms with Crippen LogP contribution in [0.25, 0.3) is 11.1 Å². The molecule has 0 aliphatic rings. The van der Waals surface area contributed by atoms with E-state index >= 15 is 0 Å². The van der Waals surface area contributed by atoms with Gasteiger partial charge in [0.1, 0.15) is 6.04 Å². The summed E-state index contributed by atoms with van der Waals surface area (Å²) in [6, 6.07) is 24.2. The van der Waals surface area contributed by atoms with Crippen molar-refractivity contribution in [1.82, 2.24) is 5.32 Å². The molecule has 0 fully saturated rings. The zero-order valence-corrected chi connectivity index (χ0v) is 19.2. The Kier molecular flexibility index (Phi) is 9.19. The summed E-state index contributed by atoms with van der Waals surface area (Å²) in [6.07, 6.45) is -0.292. The Bertz CT molecular complexity index is 1090. The second kappa shape index (κ2) is 12.5. The molecular weight excluding hydrogens is 454 g/mol. The van der Waals surface area contributed by atoms with Crippen LogP contribution in [0.5, 0.6) is 0 Å². The van der Waals surface area contributed by atoms with E-state index < -0.39 is 23.3 Å². The van der Waals surface area contributed by atoms with E-state index in [1.165, 1.54) is 0 Å². The Labute approximate surface area is 201 Å². The van der Waals surface area contributed by atoms with Gasteiger partial charge >= 0.3 is 5.97 Å². The van der Waals surface area contributed by atoms with Crippen molar-refractivity contribution in [1.29, 1.82) is 0 Å². The van der Waals surface area contributed by atoms with E-state index in [2.05, 4.69) is 10.6 Å². The number of hydrogen-bond donors (Lipinski definition) is 3. The molecule has 0 aliphatic carbocycles. The lowest BCUT2D eigenvalue weighted by Gasteiger charge is -2.32. The van der Waals surface area contributed by atoms with Crippen LogP contribution in [0.15, 0.2) is 84.9 Å². The molecule has 0 aliphatic heterocycles. The van der Waals surface area contributed by atoms with Crippen molar-refractivity contribution in [2.24, 2.45) is 0 Å². The average Bonchev–Trinajstić information content (AvgIpc) is 2.85. The minimum absolute atomic E-state index is 0.127. The Morgan fingerprint density at radius 1 is 0.882 bits per heavy atom. The Balaban J connectivity index is 1.58. The molecule has 0 bridgehead atoms. The van der Waals surface area contributed by atoms with E-state index in [1.807, 2.05) is 60.7 Å². The summed E-state index contributed by atoms with van der Waals surface area (Å²) in [5.74, 6) is -1.67. The highest BCUT2D eigenvalue weighted by molar-refractivity contribution is 7.80. The van der Waals surface area contributed by atoms with Crippen molar-refractivity contribution in [3.63, 3.8) is 0 Å². The summed E-state index contributed by atoms with van der Waals surface area (Å²) in [6.45, 7) is 0.853. The second-order valence-electron chi connectivity index (χ2n) is 7.49. The van der Waals surface area contributed by atoms with Crippen molar-refractivity contribution in [3.05, 3.63) is 84.9 Å². The van der Waals surface area contributed by atoms with Crippen molar-refractivity contribution in [2.75, 3.05) is 22.7 Å². The SMILES string of the molecule is O=C(CCC(C(=O)O)N(c1ccc(-c2ccccc2)cc1)S(=O)[O-])NCCNc1ccccc1. The summed E-state index contributed by atoms with van der Waals surface area (Å²) in [5, 5.41) is 15.6. The van der Waals surface area contributed by atoms with Gasteiger partial charge in [0, 0.05) is 42.2 Å². The van der Waals surface area contributed by atoms with Crippen molar-refractivity contribution in [2.45, 2.75) is 18.9 Å². The molecule has 2 atom stereocenters. The molecule has 0 saturated heterocycles. The van der Waals surface area contributed by atoms with Crippen LogP contribution in [0.4, 0.5) is 11.4 Å². The number of para-hydroxylation sites is 1. The minimum atomic E-state index is -2.84. The van der Waals surface area contributed by atoms with Gasteiger partial charge in [0.2, 0.25) is 5.91 Å². The highest BCUT2D eigenvalue weighted by Crippen LogP contribution is 2.26. The number of anilines is 2. The third kappa shape index (κ3) is 7.16. The van der Waals surface area contributed by atoms with Crippen LogP contribution < -0.4 is 14.9 Å². The van der Waals surface area contributed by atoms with Crippen LogP contribution in [0.2, 0.25) is 0 Å². The van der Waals surface area contributed by atoms with Gasteiger partial charge in [0.25, 0.3) is 0 Å². The molecule has 0 spiro atoms. The van der Waals surface area contributed by atoms with E-state index in [0.29, 0.717) is 13.1 Å². The van der Waals surface area contributed by atoms with Gasteiger partial charge in [-0.25, -0.2) is 4.79 Å². The van der Waals surface area contributed by atoms with Gasteiger partial charge in [0.15, 0.2) is 0 Å². The van der Waals surface area contributed by atoms with Crippen LogP contribution in [-0.4, -0.2) is 44.9 Å².